The van der Waals surface area contributed by atoms with Gasteiger partial charge < -0.3 is 10.1 Å². The third-order valence-corrected chi connectivity index (χ3v) is 4.62. The van der Waals surface area contributed by atoms with Crippen LogP contribution in [0.5, 0.6) is 0 Å². The predicted octanol–water partition coefficient (Wildman–Crippen LogP) is 3.14. The Hall–Kier alpha value is -1.98. The van der Waals surface area contributed by atoms with Crippen molar-refractivity contribution in [2.75, 3.05) is 24.8 Å². The van der Waals surface area contributed by atoms with Gasteiger partial charge in [-0.2, -0.15) is 0 Å². The first-order valence-electron chi connectivity index (χ1n) is 7.39. The second kappa shape index (κ2) is 8.60. The Balaban J connectivity index is 2.00. The lowest BCUT2D eigenvalue weighted by atomic mass is 10.1. The van der Waals surface area contributed by atoms with E-state index in [1.165, 1.54) is 0 Å². The average molecular weight is 331 g/mol. The highest BCUT2D eigenvalue weighted by atomic mass is 32.2. The summed E-state index contributed by atoms with van der Waals surface area (Å²) in [5.41, 5.74) is 3.37. The molecule has 0 bridgehead atoms. The average Bonchev–Trinajstić information content (AvgIpc) is 2.54. The molecule has 4 nitrogen and oxygen atoms in total. The molecule has 5 heteroatoms. The van der Waals surface area contributed by atoms with Crippen LogP contribution in [0.25, 0.3) is 0 Å². The van der Waals surface area contributed by atoms with Gasteiger partial charge in [-0.05, 0) is 36.8 Å². The van der Waals surface area contributed by atoms with Crippen LogP contribution in [0.4, 0.5) is 5.69 Å². The maximum Gasteiger partial charge on any atom is 0.255 e. The zero-order chi connectivity index (χ0) is 16.7. The number of carbonyl (C=O) groups is 1. The molecule has 2 aromatic rings. The lowest BCUT2D eigenvalue weighted by Gasteiger charge is -2.08. The minimum absolute atomic E-state index is 0.150. The number of hydrogen-bond donors (Lipinski definition) is 1. The Morgan fingerprint density at radius 1 is 1.17 bits per heavy atom. The van der Waals surface area contributed by atoms with Crippen molar-refractivity contribution in [3.63, 3.8) is 0 Å². The fourth-order valence-electron chi connectivity index (χ4n) is 2.08. The first kappa shape index (κ1) is 17.4. The second-order valence-corrected chi connectivity index (χ2v) is 6.88. The molecule has 23 heavy (non-hydrogen) atoms. The van der Waals surface area contributed by atoms with Crippen molar-refractivity contribution >= 4 is 22.4 Å². The maximum atomic E-state index is 12.2. The molecular formula is C18H21NO3S. The van der Waals surface area contributed by atoms with Crippen LogP contribution in [-0.4, -0.2) is 29.6 Å². The smallest absolute Gasteiger partial charge is 0.255 e. The summed E-state index contributed by atoms with van der Waals surface area (Å²) in [6.45, 7) is 2.46. The molecule has 0 aliphatic heterocycles. The van der Waals surface area contributed by atoms with Gasteiger partial charge in [0, 0.05) is 40.7 Å². The van der Waals surface area contributed by atoms with E-state index in [-0.39, 0.29) is 5.91 Å². The van der Waals surface area contributed by atoms with Crippen molar-refractivity contribution in [3.8, 4) is 0 Å². The predicted molar refractivity (Wildman–Crippen MR) is 94.2 cm³/mol. The van der Waals surface area contributed by atoms with E-state index in [0.717, 1.165) is 11.1 Å². The molecule has 0 radical (unpaired) electrons. The number of aryl methyl sites for hydroxylation is 1. The zero-order valence-corrected chi connectivity index (χ0v) is 14.2. The van der Waals surface area contributed by atoms with E-state index in [2.05, 4.69) is 5.32 Å². The highest BCUT2D eigenvalue weighted by Crippen LogP contribution is 2.14. The van der Waals surface area contributed by atoms with Crippen LogP contribution < -0.4 is 5.32 Å². The Labute approximate surface area is 139 Å². The molecule has 0 heterocycles. The van der Waals surface area contributed by atoms with Crippen LogP contribution >= 0.6 is 0 Å². The van der Waals surface area contributed by atoms with Crippen LogP contribution in [0.15, 0.2) is 48.5 Å². The highest BCUT2D eigenvalue weighted by Gasteiger charge is 2.07. The van der Waals surface area contributed by atoms with Crippen LogP contribution in [0.3, 0.4) is 0 Å². The molecule has 122 valence electrons. The minimum atomic E-state index is -0.968. The van der Waals surface area contributed by atoms with Crippen LogP contribution in [-0.2, 0) is 21.3 Å². The molecular weight excluding hydrogens is 310 g/mol. The molecule has 0 spiro atoms. The summed E-state index contributed by atoms with van der Waals surface area (Å²) >= 11 is 0. The Morgan fingerprint density at radius 2 is 1.91 bits per heavy atom. The summed E-state index contributed by atoms with van der Waals surface area (Å²) < 4.78 is 16.8. The van der Waals surface area contributed by atoms with E-state index in [9.17, 15) is 9.00 Å². The van der Waals surface area contributed by atoms with Gasteiger partial charge in [0.15, 0.2) is 0 Å². The van der Waals surface area contributed by atoms with Gasteiger partial charge in [-0.1, -0.05) is 29.8 Å². The summed E-state index contributed by atoms with van der Waals surface area (Å²) in [6.07, 6.45) is 0. The molecule has 1 atom stereocenters. The molecule has 0 aromatic heterocycles. The molecule has 0 saturated carbocycles. The van der Waals surface area contributed by atoms with Crippen LogP contribution in [0.2, 0.25) is 0 Å². The Bertz CT molecular complexity index is 683. The number of ether oxygens (including phenoxy) is 1. The lowest BCUT2D eigenvalue weighted by Crippen LogP contribution is -2.12. The lowest BCUT2D eigenvalue weighted by molar-refractivity contribution is 0.102. The summed E-state index contributed by atoms with van der Waals surface area (Å²) in [5.74, 6) is 0.816. The van der Waals surface area contributed by atoms with E-state index in [1.54, 1.807) is 19.2 Å². The van der Waals surface area contributed by atoms with Gasteiger partial charge >= 0.3 is 0 Å². The molecule has 1 N–H and O–H groups in total. The van der Waals surface area contributed by atoms with Crippen molar-refractivity contribution in [2.45, 2.75) is 12.7 Å². The molecule has 0 aliphatic rings. The topological polar surface area (TPSA) is 55.4 Å². The fraction of sp³-hybridized carbons (Fsp3) is 0.278. The largest absolute Gasteiger partial charge is 0.384 e. The fourth-order valence-corrected chi connectivity index (χ4v) is 3.13. The molecule has 0 aliphatic carbocycles. The molecule has 2 aromatic carbocycles. The van der Waals surface area contributed by atoms with Crippen LogP contribution in [0, 0.1) is 6.92 Å². The van der Waals surface area contributed by atoms with Gasteiger partial charge in [-0.25, -0.2) is 0 Å². The Morgan fingerprint density at radius 3 is 2.61 bits per heavy atom. The molecule has 1 unspecified atom stereocenters. The van der Waals surface area contributed by atoms with Gasteiger partial charge in [-0.3, -0.25) is 9.00 Å². The molecule has 0 saturated heterocycles. The number of benzene rings is 2. The number of carbonyl (C=O) groups excluding carboxylic acids is 1. The molecule has 2 rings (SSSR count). The third kappa shape index (κ3) is 5.62. The number of anilines is 1. The summed E-state index contributed by atoms with van der Waals surface area (Å²) in [6, 6.07) is 14.9. The van der Waals surface area contributed by atoms with E-state index in [4.69, 9.17) is 4.74 Å². The van der Waals surface area contributed by atoms with Crippen molar-refractivity contribution in [3.05, 3.63) is 65.2 Å². The number of rotatable bonds is 7. The van der Waals surface area contributed by atoms with Gasteiger partial charge in [0.25, 0.3) is 5.91 Å². The monoisotopic (exact) mass is 331 g/mol. The van der Waals surface area contributed by atoms with E-state index >= 15 is 0 Å². The van der Waals surface area contributed by atoms with Crippen molar-refractivity contribution < 1.29 is 13.7 Å². The molecule has 1 amide bonds. The second-order valence-electron chi connectivity index (χ2n) is 5.30. The number of nitrogens with one attached hydrogen (secondary N) is 1. The quantitative estimate of drug-likeness (QED) is 0.848. The Kier molecular flexibility index (Phi) is 6.50. The highest BCUT2D eigenvalue weighted by molar-refractivity contribution is 7.84. The van der Waals surface area contributed by atoms with Crippen molar-refractivity contribution in [2.24, 2.45) is 0 Å². The minimum Gasteiger partial charge on any atom is -0.384 e. The van der Waals surface area contributed by atoms with Crippen molar-refractivity contribution in [1.29, 1.82) is 0 Å². The standard InChI is InChI=1S/C18H21NO3S/c1-14-6-8-16(9-7-14)18(20)19-17-5-3-4-15(12-17)13-23(21)11-10-22-2/h3-9,12H,10-11,13H2,1-2H3,(H,19,20). The van der Waals surface area contributed by atoms with Crippen LogP contribution in [0.1, 0.15) is 21.5 Å². The zero-order valence-electron chi connectivity index (χ0n) is 13.4. The third-order valence-electron chi connectivity index (χ3n) is 3.34. The number of methoxy groups -OCH3 is 1. The first-order valence-corrected chi connectivity index (χ1v) is 8.88. The normalized spacial score (nSPS) is 11.9. The summed E-state index contributed by atoms with van der Waals surface area (Å²) in [4.78, 5) is 12.2. The summed E-state index contributed by atoms with van der Waals surface area (Å²) in [7, 11) is 0.627. The van der Waals surface area contributed by atoms with Gasteiger partial charge in [0.1, 0.15) is 0 Å². The first-order chi connectivity index (χ1) is 11.1. The maximum absolute atomic E-state index is 12.2. The number of amides is 1. The summed E-state index contributed by atoms with van der Waals surface area (Å²) in [5, 5.41) is 2.87. The van der Waals surface area contributed by atoms with Gasteiger partial charge in [0.05, 0.1) is 6.61 Å². The van der Waals surface area contributed by atoms with E-state index in [0.29, 0.717) is 29.4 Å². The number of hydrogen-bond acceptors (Lipinski definition) is 3. The van der Waals surface area contributed by atoms with Crippen molar-refractivity contribution in [1.82, 2.24) is 0 Å². The van der Waals surface area contributed by atoms with Gasteiger partial charge in [-0.15, -0.1) is 0 Å². The van der Waals surface area contributed by atoms with E-state index in [1.807, 2.05) is 43.3 Å². The van der Waals surface area contributed by atoms with Gasteiger partial charge in [0.2, 0.25) is 0 Å². The molecule has 0 fully saturated rings. The SMILES string of the molecule is COCCS(=O)Cc1cccc(NC(=O)c2ccc(C)cc2)c1. The van der Waals surface area contributed by atoms with E-state index < -0.39 is 10.8 Å².